The lowest BCUT2D eigenvalue weighted by Crippen LogP contribution is -2.29. The maximum Gasteiger partial charge on any atom is 0.224 e. The molecule has 0 spiro atoms. The van der Waals surface area contributed by atoms with Gasteiger partial charge in [-0.2, -0.15) is 0 Å². The van der Waals surface area contributed by atoms with Gasteiger partial charge in [-0.1, -0.05) is 71.1 Å². The van der Waals surface area contributed by atoms with Crippen molar-refractivity contribution in [2.24, 2.45) is 0 Å². The second-order valence-electron chi connectivity index (χ2n) is 9.52. The summed E-state index contributed by atoms with van der Waals surface area (Å²) < 4.78 is 0. The number of carbonyl (C=O) groups is 1. The van der Waals surface area contributed by atoms with Crippen LogP contribution in [0, 0.1) is 6.92 Å². The molecule has 1 heterocycles. The molecule has 0 saturated heterocycles. The summed E-state index contributed by atoms with van der Waals surface area (Å²) in [5.74, 6) is 1.46. The number of para-hydroxylation sites is 1. The molecule has 0 aliphatic rings. The molecule has 0 atom stereocenters. The van der Waals surface area contributed by atoms with Crippen molar-refractivity contribution in [1.82, 2.24) is 9.97 Å². The minimum Gasteiger partial charge on any atom is -0.372 e. The molecule has 2 aromatic rings. The van der Waals surface area contributed by atoms with Crippen molar-refractivity contribution in [3.63, 3.8) is 0 Å². The third-order valence-electron chi connectivity index (χ3n) is 6.34. The predicted molar refractivity (Wildman–Crippen MR) is 157 cm³/mol. The highest BCUT2D eigenvalue weighted by atomic mass is 32.1. The van der Waals surface area contributed by atoms with Crippen molar-refractivity contribution in [2.45, 2.75) is 96.9 Å². The Morgan fingerprint density at radius 3 is 2.06 bits per heavy atom. The Bertz CT molecular complexity index is 885. The van der Waals surface area contributed by atoms with Gasteiger partial charge in [-0.15, -0.1) is 12.6 Å². The van der Waals surface area contributed by atoms with Crippen LogP contribution in [0.15, 0.2) is 35.4 Å². The first kappa shape index (κ1) is 29.9. The van der Waals surface area contributed by atoms with Crippen LogP contribution in [0.3, 0.4) is 0 Å². The van der Waals surface area contributed by atoms with E-state index in [4.69, 9.17) is 4.98 Å². The number of nitrogens with one attached hydrogen (secondary N) is 1. The number of anilines is 3. The van der Waals surface area contributed by atoms with Gasteiger partial charge < -0.3 is 15.1 Å². The van der Waals surface area contributed by atoms with E-state index in [1.165, 1.54) is 31.4 Å². The molecule has 1 aromatic heterocycles. The summed E-state index contributed by atoms with van der Waals surface area (Å²) in [7, 11) is 0. The Labute approximate surface area is 224 Å². The Morgan fingerprint density at radius 2 is 1.42 bits per heavy atom. The first-order valence-electron chi connectivity index (χ1n) is 13.9. The summed E-state index contributed by atoms with van der Waals surface area (Å²) in [5, 5.41) is 3.65. The second kappa shape index (κ2) is 17.2. The quantitative estimate of drug-likeness (QED) is 0.125. The third-order valence-corrected chi connectivity index (χ3v) is 6.67. The Morgan fingerprint density at radius 1 is 0.806 bits per heavy atom. The summed E-state index contributed by atoms with van der Waals surface area (Å²) in [6.45, 7) is 12.2. The highest BCUT2D eigenvalue weighted by molar-refractivity contribution is 7.80. The second-order valence-corrected chi connectivity index (χ2v) is 9.95. The lowest BCUT2D eigenvalue weighted by Gasteiger charge is -2.27. The van der Waals surface area contributed by atoms with Gasteiger partial charge in [-0.25, -0.2) is 9.97 Å². The van der Waals surface area contributed by atoms with E-state index in [1.54, 1.807) is 0 Å². The molecule has 6 nitrogen and oxygen atoms in total. The molecule has 36 heavy (non-hydrogen) atoms. The number of aryl methyl sites for hydroxylation is 1. The number of rotatable bonds is 18. The average molecular weight is 514 g/mol. The number of unbranched alkanes of at least 4 members (excludes halogenated alkanes) is 5. The van der Waals surface area contributed by atoms with E-state index in [0.717, 1.165) is 64.1 Å². The fraction of sp³-hybridized carbons (Fsp3) is 0.621. The van der Waals surface area contributed by atoms with E-state index < -0.39 is 0 Å². The van der Waals surface area contributed by atoms with Crippen LogP contribution in [0.2, 0.25) is 0 Å². The van der Waals surface area contributed by atoms with Crippen LogP contribution in [0.5, 0.6) is 0 Å². The molecule has 2 rings (SSSR count). The van der Waals surface area contributed by atoms with E-state index in [1.807, 2.05) is 13.0 Å². The maximum absolute atomic E-state index is 13.0. The first-order valence-corrected chi connectivity index (χ1v) is 14.4. The van der Waals surface area contributed by atoms with Crippen molar-refractivity contribution in [3.05, 3.63) is 36.2 Å². The van der Waals surface area contributed by atoms with Gasteiger partial charge in [0.2, 0.25) is 5.91 Å². The van der Waals surface area contributed by atoms with Gasteiger partial charge in [0, 0.05) is 38.3 Å². The number of nitrogens with zero attached hydrogens (tertiary/aromatic N) is 4. The lowest BCUT2D eigenvalue weighted by molar-refractivity contribution is -0.116. The predicted octanol–water partition coefficient (Wildman–Crippen LogP) is 7.29. The number of hydrogen-bond donors (Lipinski definition) is 2. The Hall–Kier alpha value is -2.28. The van der Waals surface area contributed by atoms with Crippen LogP contribution in [0.4, 0.5) is 17.2 Å². The number of hydrogen-bond acceptors (Lipinski definition) is 6. The number of thiol groups is 1. The normalized spacial score (nSPS) is 10.9. The Balaban J connectivity index is 2.05. The molecule has 0 unspecified atom stereocenters. The Kier molecular flexibility index (Phi) is 14.3. The summed E-state index contributed by atoms with van der Waals surface area (Å²) in [5.41, 5.74) is 1.87. The van der Waals surface area contributed by atoms with Gasteiger partial charge in [0.1, 0.15) is 16.5 Å². The van der Waals surface area contributed by atoms with Gasteiger partial charge >= 0.3 is 0 Å². The van der Waals surface area contributed by atoms with Crippen LogP contribution >= 0.6 is 12.6 Å². The molecule has 0 aliphatic carbocycles. The van der Waals surface area contributed by atoms with Crippen LogP contribution < -0.4 is 15.1 Å². The highest BCUT2D eigenvalue weighted by Gasteiger charge is 2.19. The molecular weight excluding hydrogens is 466 g/mol. The van der Waals surface area contributed by atoms with Crippen molar-refractivity contribution in [3.8, 4) is 0 Å². The van der Waals surface area contributed by atoms with Crippen molar-refractivity contribution in [1.29, 1.82) is 0 Å². The van der Waals surface area contributed by atoms with E-state index >= 15 is 0 Å². The topological polar surface area (TPSA) is 61.4 Å². The fourth-order valence-electron chi connectivity index (χ4n) is 4.28. The molecular formula is C29H47N5OS. The van der Waals surface area contributed by atoms with E-state index in [0.29, 0.717) is 23.0 Å². The van der Waals surface area contributed by atoms with Crippen LogP contribution in [-0.4, -0.2) is 42.1 Å². The largest absolute Gasteiger partial charge is 0.372 e. The zero-order chi connectivity index (χ0) is 26.2. The fourth-order valence-corrected chi connectivity index (χ4v) is 4.58. The van der Waals surface area contributed by atoms with Gasteiger partial charge in [-0.3, -0.25) is 4.79 Å². The molecule has 0 fully saturated rings. The molecule has 7 heteroatoms. The SMILES string of the molecule is CCCCCCN(CCCC(=O)Nc1c(S)nc(C)nc1N(CCCC)CCCC)c1ccccc1. The van der Waals surface area contributed by atoms with E-state index in [2.05, 4.69) is 77.8 Å². The van der Waals surface area contributed by atoms with Crippen LogP contribution in [-0.2, 0) is 4.79 Å². The third kappa shape index (κ3) is 10.4. The molecule has 1 amide bonds. The standard InChI is InChI=1S/C29H47N5OS/c1-5-8-11-15-22-33(25-17-13-12-14-18-25)23-16-19-26(35)32-27-28(30-24(4)31-29(27)36)34(20-9-6-2)21-10-7-3/h12-14,17-18H,5-11,15-16,19-23H2,1-4H3,(H,32,35)(H,30,31,36). The monoisotopic (exact) mass is 513 g/mol. The van der Waals surface area contributed by atoms with Gasteiger partial charge in [0.05, 0.1) is 0 Å². The molecule has 0 aliphatic heterocycles. The zero-order valence-corrected chi connectivity index (χ0v) is 23.8. The molecule has 0 radical (unpaired) electrons. The number of carbonyl (C=O) groups excluding carboxylic acids is 1. The number of aromatic nitrogens is 2. The summed E-state index contributed by atoms with van der Waals surface area (Å²) in [4.78, 5) is 26.9. The maximum atomic E-state index is 13.0. The van der Waals surface area contributed by atoms with Gasteiger partial charge in [0.15, 0.2) is 5.82 Å². The first-order chi connectivity index (χ1) is 17.5. The number of amides is 1. The summed E-state index contributed by atoms with van der Waals surface area (Å²) >= 11 is 4.61. The van der Waals surface area contributed by atoms with Crippen molar-refractivity contribution < 1.29 is 4.79 Å². The summed E-state index contributed by atoms with van der Waals surface area (Å²) in [6, 6.07) is 10.5. The highest BCUT2D eigenvalue weighted by Crippen LogP contribution is 2.30. The smallest absolute Gasteiger partial charge is 0.224 e. The summed E-state index contributed by atoms with van der Waals surface area (Å²) in [6.07, 6.45) is 10.5. The molecule has 1 N–H and O–H groups in total. The van der Waals surface area contributed by atoms with Crippen molar-refractivity contribution in [2.75, 3.05) is 41.3 Å². The minimum atomic E-state index is -0.0102. The molecule has 200 valence electrons. The van der Waals surface area contributed by atoms with Gasteiger partial charge in [0.25, 0.3) is 0 Å². The number of benzene rings is 1. The van der Waals surface area contributed by atoms with Crippen molar-refractivity contribution >= 4 is 35.7 Å². The molecule has 1 aromatic carbocycles. The van der Waals surface area contributed by atoms with E-state index in [9.17, 15) is 4.79 Å². The van der Waals surface area contributed by atoms with Crippen LogP contribution in [0.1, 0.15) is 90.8 Å². The zero-order valence-electron chi connectivity index (χ0n) is 22.9. The molecule has 0 bridgehead atoms. The van der Waals surface area contributed by atoms with Crippen LogP contribution in [0.25, 0.3) is 0 Å². The lowest BCUT2D eigenvalue weighted by atomic mass is 10.1. The van der Waals surface area contributed by atoms with Gasteiger partial charge in [-0.05, 0) is 44.7 Å². The van der Waals surface area contributed by atoms with E-state index in [-0.39, 0.29) is 5.91 Å². The average Bonchev–Trinajstić information content (AvgIpc) is 2.87. The molecule has 0 saturated carbocycles. The minimum absolute atomic E-state index is 0.0102.